The van der Waals surface area contributed by atoms with E-state index in [9.17, 15) is 0 Å². The maximum atomic E-state index is 5.36. The molecule has 0 aromatic carbocycles. The summed E-state index contributed by atoms with van der Waals surface area (Å²) < 4.78 is 4.63. The number of nitrogens with zero attached hydrogens (tertiary/aromatic N) is 26. The molecule has 0 bridgehead atoms. The van der Waals surface area contributed by atoms with E-state index in [-0.39, 0.29) is 68.0 Å². The Morgan fingerprint density at radius 2 is 0.575 bits per heavy atom. The molecule has 0 saturated carbocycles. The minimum absolute atomic E-state index is 0.0399. The lowest BCUT2D eigenvalue weighted by atomic mass is 10.1. The van der Waals surface area contributed by atoms with E-state index in [0.717, 1.165) is 38.9 Å². The standard InChI is InChI=1S/2C9H20N2.C9H16N2.C8H18N2S.C8H18N2.C8H16N2.C7H17N3.C7H16N2O.C7H16N2.C6H14N2O.C6H14N2S.C5H12N4/c3*1-9(2)10(3)7-5-6-8-11(9)4;1-8(2)9(3)6-5-7-11-10(8)4;2*1-8(2)9(3)6-5-7-10(8)4;1-7(2)9(3)5-8-6-10(7)4;1-7(2)8(3)5-6-10-9(7)4;1-7(2)8(3)5-6-9(7)4;2*1-6(2)7(3)5-9-8(6)4;1-5(2)8(3)6-7-9(5)4/h2*5-8H2,1-4H3;5-8H,1-4H3;5-7H2,1-4H3;5-7H2,1-4H3;5-6H,7H2,1-4H3;8H,5-6H2,1-4H3;5-6H2,1-4H3;5-6H2,1-4H3;2*5H2,1-4H3;1-4H3. The van der Waals surface area contributed by atoms with Crippen molar-refractivity contribution in [3.05, 3.63) is 36.8 Å². The molecule has 0 radical (unpaired) electrons. The van der Waals surface area contributed by atoms with Crippen LogP contribution in [0.5, 0.6) is 0 Å². The molecule has 31 heteroatoms. The number of hydrogen-bond donors (Lipinski definition) is 1. The van der Waals surface area contributed by atoms with Crippen LogP contribution in [0.2, 0.25) is 0 Å². The van der Waals surface area contributed by atoms with Crippen LogP contribution in [0.25, 0.3) is 0 Å². The first-order valence-electron chi connectivity index (χ1n) is 44.6. The van der Waals surface area contributed by atoms with Crippen molar-refractivity contribution >= 4 is 23.9 Å². The van der Waals surface area contributed by atoms with E-state index in [2.05, 4.69) is 437 Å². The fourth-order valence-electron chi connectivity index (χ4n) is 12.8. The van der Waals surface area contributed by atoms with Gasteiger partial charge in [-0.25, -0.2) is 8.61 Å². The molecular formula is C89H197N27O2S2. The Kier molecular flexibility index (Phi) is 47.6. The van der Waals surface area contributed by atoms with Gasteiger partial charge >= 0.3 is 0 Å². The van der Waals surface area contributed by atoms with Crippen LogP contribution in [-0.4, -0.2) is 464 Å². The van der Waals surface area contributed by atoms with Gasteiger partial charge in [0, 0.05) is 113 Å². The van der Waals surface area contributed by atoms with E-state index in [1.54, 1.807) is 0 Å². The molecule has 712 valence electrons. The number of rotatable bonds is 0. The predicted molar refractivity (Wildman–Crippen MR) is 518 cm³/mol. The summed E-state index contributed by atoms with van der Waals surface area (Å²) in [6.07, 6.45) is 20.5. The highest BCUT2D eigenvalue weighted by Crippen LogP contribution is 2.34. The van der Waals surface area contributed by atoms with E-state index in [4.69, 9.17) is 9.68 Å². The minimum Gasteiger partial charge on any atom is -0.363 e. The first kappa shape index (κ1) is 116. The fraction of sp³-hybridized carbons (Fsp3) is 0.933. The third-order valence-corrected chi connectivity index (χ3v) is 33.1. The quantitative estimate of drug-likeness (QED) is 0.230. The molecule has 0 spiro atoms. The Hall–Kier alpha value is -2.36. The molecule has 120 heavy (non-hydrogen) atoms. The lowest BCUT2D eigenvalue weighted by molar-refractivity contribution is -0.272. The average molecular weight is 1740 g/mol. The molecule has 12 rings (SSSR count). The van der Waals surface area contributed by atoms with Crippen LogP contribution in [0.15, 0.2) is 47.3 Å². The van der Waals surface area contributed by atoms with Crippen molar-refractivity contribution in [3.8, 4) is 0 Å². The van der Waals surface area contributed by atoms with Crippen molar-refractivity contribution < 1.29 is 9.68 Å². The molecule has 0 aromatic heterocycles. The largest absolute Gasteiger partial charge is 0.363 e. The van der Waals surface area contributed by atoms with Crippen LogP contribution in [0.1, 0.15) is 205 Å². The Labute approximate surface area is 751 Å². The zero-order chi connectivity index (χ0) is 93.3. The van der Waals surface area contributed by atoms with Gasteiger partial charge in [0.2, 0.25) is 0 Å². The van der Waals surface area contributed by atoms with Crippen molar-refractivity contribution in [2.45, 2.75) is 273 Å². The Morgan fingerprint density at radius 3 is 0.842 bits per heavy atom. The first-order chi connectivity index (χ1) is 54.6. The summed E-state index contributed by atoms with van der Waals surface area (Å²) in [4.78, 5) is 52.5. The zero-order valence-electron chi connectivity index (χ0n) is 87.5. The molecule has 0 aliphatic carbocycles. The summed E-state index contributed by atoms with van der Waals surface area (Å²) in [5.41, 5.74) is 1.97. The smallest absolute Gasteiger partial charge is 0.142 e. The summed E-state index contributed by atoms with van der Waals surface area (Å²) in [5, 5.41) is 18.4. The zero-order valence-corrected chi connectivity index (χ0v) is 89.1. The van der Waals surface area contributed by atoms with Crippen molar-refractivity contribution in [2.24, 2.45) is 10.4 Å². The van der Waals surface area contributed by atoms with E-state index in [1.807, 2.05) is 91.4 Å². The molecule has 0 atom stereocenters. The van der Waals surface area contributed by atoms with Gasteiger partial charge in [-0.2, -0.15) is 10.1 Å². The van der Waals surface area contributed by atoms with Crippen LogP contribution in [0.4, 0.5) is 0 Å². The van der Waals surface area contributed by atoms with Gasteiger partial charge in [-0.05, 0) is 369 Å². The number of allylic oxidation sites excluding steroid dienone is 2. The topological polar surface area (TPSA) is 133 Å². The highest BCUT2D eigenvalue weighted by atomic mass is 32.2. The molecule has 0 amide bonds. The minimum atomic E-state index is -0.0556. The van der Waals surface area contributed by atoms with Crippen LogP contribution in [-0.2, 0) is 9.68 Å². The van der Waals surface area contributed by atoms with Crippen molar-refractivity contribution in [1.29, 1.82) is 0 Å². The molecule has 9 saturated heterocycles. The number of nitrogens with one attached hydrogen (secondary N) is 1. The molecule has 0 unspecified atom stereocenters. The SMILES string of the molecule is CN1C=CC=CN(C)C1(C)C.CN1C=CCN(C)C1(C)C.CN1CCCCN(C)C1(C)C.CN1CCCCN(C)C1(C)C.CN1CCCN(C)C1(C)C.CN1CCCSN(C)C1(C)C.CN1CCN(C)C1(C)C.CN1CCON(C)C1(C)C.CN1CNCN(C)C1(C)C.CN1CON(C)C1(C)C.CN1CSN(C)C1(C)C.CN1N=NN(C)C1(C)C. The fourth-order valence-corrected chi connectivity index (χ4v) is 14.9. The van der Waals surface area contributed by atoms with Crippen LogP contribution in [0.3, 0.4) is 0 Å². The van der Waals surface area contributed by atoms with E-state index >= 15 is 0 Å². The van der Waals surface area contributed by atoms with Gasteiger partial charge in [0.25, 0.3) is 0 Å². The summed E-state index contributed by atoms with van der Waals surface area (Å²) in [7, 11) is 50.8. The Balaban J connectivity index is 0.000000655. The molecule has 29 nitrogen and oxygen atoms in total. The summed E-state index contributed by atoms with van der Waals surface area (Å²) in [6, 6.07) is 0. The lowest BCUT2D eigenvalue weighted by Crippen LogP contribution is -2.63. The Bertz CT molecular complexity index is 2600. The highest BCUT2D eigenvalue weighted by molar-refractivity contribution is 7.97. The van der Waals surface area contributed by atoms with Gasteiger partial charge in [0.05, 0.1) is 82.4 Å². The van der Waals surface area contributed by atoms with Crippen LogP contribution in [0, 0.1) is 0 Å². The average Bonchev–Trinajstić information content (AvgIpc) is 1.75. The second-order valence-corrected chi connectivity index (χ2v) is 43.1. The summed E-state index contributed by atoms with van der Waals surface area (Å²) in [6.45, 7) is 69.7. The molecule has 12 aliphatic heterocycles. The van der Waals surface area contributed by atoms with E-state index in [0.29, 0.717) is 6.73 Å². The normalized spacial score (nSPS) is 27.5. The number of likely N-dealkylation sites (N-methyl/N-ethyl adjacent to an activating group) is 4. The number of hydrogen-bond acceptors (Lipinski definition) is 31. The highest BCUT2D eigenvalue weighted by Gasteiger charge is 2.40. The lowest BCUT2D eigenvalue weighted by Gasteiger charge is -2.47. The van der Waals surface area contributed by atoms with Gasteiger partial charge in [0.15, 0.2) is 0 Å². The third kappa shape index (κ3) is 33.3. The number of hydroxylamine groups is 4. The van der Waals surface area contributed by atoms with Gasteiger partial charge in [0.1, 0.15) is 18.1 Å². The Morgan fingerprint density at radius 1 is 0.267 bits per heavy atom. The van der Waals surface area contributed by atoms with Gasteiger partial charge in [-0.15, -0.1) is 0 Å². The van der Waals surface area contributed by atoms with Crippen molar-refractivity contribution in [2.75, 3.05) is 279 Å². The summed E-state index contributed by atoms with van der Waals surface area (Å²) in [5.74, 6) is 2.37. The predicted octanol–water partition coefficient (Wildman–Crippen LogP) is 11.9. The molecular weight excluding hydrogens is 1540 g/mol. The molecule has 0 aromatic rings. The van der Waals surface area contributed by atoms with E-state index < -0.39 is 0 Å². The maximum Gasteiger partial charge on any atom is 0.142 e. The second-order valence-electron chi connectivity index (χ2n) is 40.8. The van der Waals surface area contributed by atoms with Crippen molar-refractivity contribution in [1.82, 2.24) is 122 Å². The molecule has 12 aliphatic rings. The third-order valence-electron chi connectivity index (χ3n) is 30.5. The van der Waals surface area contributed by atoms with Gasteiger partial charge in [-0.3, -0.25) is 98.5 Å². The molecule has 12 heterocycles. The first-order valence-corrected chi connectivity index (χ1v) is 46.4. The maximum absolute atomic E-state index is 5.36. The van der Waals surface area contributed by atoms with Crippen molar-refractivity contribution in [3.63, 3.8) is 0 Å². The molecule has 1 N–H and O–H groups in total. The van der Waals surface area contributed by atoms with E-state index in [1.165, 1.54) is 103 Å². The van der Waals surface area contributed by atoms with Crippen LogP contribution < -0.4 is 5.32 Å². The monoisotopic (exact) mass is 1740 g/mol. The van der Waals surface area contributed by atoms with Gasteiger partial charge < -0.3 is 14.7 Å². The van der Waals surface area contributed by atoms with Crippen LogP contribution >= 0.6 is 23.9 Å². The second kappa shape index (κ2) is 49.4. The van der Waals surface area contributed by atoms with Gasteiger partial charge in [-0.1, -0.05) is 40.4 Å². The molecule has 9 fully saturated rings. The summed E-state index contributed by atoms with van der Waals surface area (Å²) >= 11 is 3.81.